The van der Waals surface area contributed by atoms with Crippen molar-refractivity contribution in [2.24, 2.45) is 5.92 Å². The normalized spacial score (nSPS) is 24.8. The lowest BCUT2D eigenvalue weighted by Crippen LogP contribution is -2.39. The second-order valence-electron chi connectivity index (χ2n) is 6.99. The molecular weight excluding hydrogens is 361 g/mol. The summed E-state index contributed by atoms with van der Waals surface area (Å²) in [5, 5.41) is 6.78. The van der Waals surface area contributed by atoms with Crippen molar-refractivity contribution in [3.05, 3.63) is 28.8 Å². The van der Waals surface area contributed by atoms with Crippen molar-refractivity contribution in [2.45, 2.75) is 44.2 Å². The molecule has 1 saturated heterocycles. The van der Waals surface area contributed by atoms with Crippen LogP contribution in [0.4, 0.5) is 5.69 Å². The fraction of sp³-hybridized carbons (Fsp3) is 0.556. The van der Waals surface area contributed by atoms with Gasteiger partial charge in [0, 0.05) is 25.8 Å². The first-order valence-corrected chi connectivity index (χ1v) is 8.91. The number of amides is 2. The Morgan fingerprint density at radius 2 is 1.96 bits per heavy atom. The Kier molecular flexibility index (Phi) is 6.72. The van der Waals surface area contributed by atoms with Crippen LogP contribution in [0.5, 0.6) is 0 Å². The number of hydrogen-bond donors (Lipinski definition) is 2. The molecule has 0 spiro atoms. The SMILES string of the molecule is CN(C)C(=O)c1cc(NC(=O)C2CC3CCCCC3N2)ccc1Cl.Cl. The lowest BCUT2D eigenvalue weighted by molar-refractivity contribution is -0.117. The third-order valence-corrected chi connectivity index (χ3v) is 5.38. The first-order valence-electron chi connectivity index (χ1n) is 8.54. The molecule has 3 unspecified atom stereocenters. The zero-order valence-electron chi connectivity index (χ0n) is 14.5. The van der Waals surface area contributed by atoms with E-state index in [1.165, 1.54) is 24.2 Å². The minimum absolute atomic E-state index is 0. The van der Waals surface area contributed by atoms with Crippen molar-refractivity contribution < 1.29 is 9.59 Å². The van der Waals surface area contributed by atoms with Crippen LogP contribution in [-0.4, -0.2) is 42.9 Å². The van der Waals surface area contributed by atoms with E-state index in [-0.39, 0.29) is 30.3 Å². The van der Waals surface area contributed by atoms with Crippen LogP contribution in [-0.2, 0) is 4.79 Å². The van der Waals surface area contributed by atoms with E-state index >= 15 is 0 Å². The first kappa shape index (κ1) is 20.0. The number of rotatable bonds is 3. The van der Waals surface area contributed by atoms with Crippen LogP contribution in [0.3, 0.4) is 0 Å². The number of nitrogens with one attached hydrogen (secondary N) is 2. The largest absolute Gasteiger partial charge is 0.345 e. The molecular formula is C18H25Cl2N3O2. The predicted octanol–water partition coefficient (Wildman–Crippen LogP) is 3.32. The number of nitrogens with zero attached hydrogens (tertiary/aromatic N) is 1. The maximum Gasteiger partial charge on any atom is 0.254 e. The Morgan fingerprint density at radius 1 is 1.24 bits per heavy atom. The van der Waals surface area contributed by atoms with E-state index in [2.05, 4.69) is 10.6 Å². The van der Waals surface area contributed by atoms with Gasteiger partial charge in [-0.3, -0.25) is 9.59 Å². The average molecular weight is 386 g/mol. The topological polar surface area (TPSA) is 61.4 Å². The fourth-order valence-corrected chi connectivity index (χ4v) is 3.96. The van der Waals surface area contributed by atoms with Gasteiger partial charge >= 0.3 is 0 Å². The van der Waals surface area contributed by atoms with Gasteiger partial charge in [0.05, 0.1) is 16.6 Å². The summed E-state index contributed by atoms with van der Waals surface area (Å²) >= 11 is 6.11. The smallest absolute Gasteiger partial charge is 0.254 e. The number of benzene rings is 1. The van der Waals surface area contributed by atoms with Crippen LogP contribution in [0.2, 0.25) is 5.02 Å². The number of fused-ring (bicyclic) bond motifs is 1. The molecule has 25 heavy (non-hydrogen) atoms. The Bertz CT molecular complexity index is 637. The molecule has 2 N–H and O–H groups in total. The molecule has 0 radical (unpaired) electrons. The molecule has 1 aromatic carbocycles. The lowest BCUT2D eigenvalue weighted by Gasteiger charge is -2.24. The van der Waals surface area contributed by atoms with Gasteiger partial charge in [0.2, 0.25) is 5.91 Å². The van der Waals surface area contributed by atoms with Crippen LogP contribution in [0.25, 0.3) is 0 Å². The summed E-state index contributed by atoms with van der Waals surface area (Å²) in [6.45, 7) is 0. The van der Waals surface area contributed by atoms with Gasteiger partial charge in [0.1, 0.15) is 0 Å². The molecule has 5 nitrogen and oxygen atoms in total. The van der Waals surface area contributed by atoms with Crippen LogP contribution in [0, 0.1) is 5.92 Å². The van der Waals surface area contributed by atoms with Crippen molar-refractivity contribution in [3.8, 4) is 0 Å². The van der Waals surface area contributed by atoms with E-state index < -0.39 is 0 Å². The molecule has 138 valence electrons. The molecule has 2 fully saturated rings. The molecule has 1 saturated carbocycles. The predicted molar refractivity (Wildman–Crippen MR) is 103 cm³/mol. The van der Waals surface area contributed by atoms with E-state index in [0.29, 0.717) is 28.2 Å². The Morgan fingerprint density at radius 3 is 2.64 bits per heavy atom. The van der Waals surface area contributed by atoms with Crippen LogP contribution in [0.15, 0.2) is 18.2 Å². The minimum Gasteiger partial charge on any atom is -0.345 e. The second-order valence-corrected chi connectivity index (χ2v) is 7.40. The summed E-state index contributed by atoms with van der Waals surface area (Å²) in [7, 11) is 3.35. The summed E-state index contributed by atoms with van der Waals surface area (Å²) in [5.74, 6) is 0.404. The van der Waals surface area contributed by atoms with Crippen LogP contribution in [0.1, 0.15) is 42.5 Å². The summed E-state index contributed by atoms with van der Waals surface area (Å²) in [6, 6.07) is 5.35. The van der Waals surface area contributed by atoms with Crippen molar-refractivity contribution in [2.75, 3.05) is 19.4 Å². The first-order chi connectivity index (χ1) is 11.5. The van der Waals surface area contributed by atoms with Gasteiger partial charge in [-0.25, -0.2) is 0 Å². The molecule has 0 bridgehead atoms. The van der Waals surface area contributed by atoms with Gasteiger partial charge in [-0.05, 0) is 43.4 Å². The Labute approximate surface area is 159 Å². The minimum atomic E-state index is -0.180. The fourth-order valence-electron chi connectivity index (χ4n) is 3.76. The highest BCUT2D eigenvalue weighted by atomic mass is 35.5. The van der Waals surface area contributed by atoms with Gasteiger partial charge < -0.3 is 15.5 Å². The van der Waals surface area contributed by atoms with Crippen molar-refractivity contribution >= 4 is 41.5 Å². The molecule has 1 aromatic rings. The summed E-state index contributed by atoms with van der Waals surface area (Å²) in [4.78, 5) is 26.2. The van der Waals surface area contributed by atoms with Gasteiger partial charge in [0.15, 0.2) is 0 Å². The molecule has 1 aliphatic carbocycles. The van der Waals surface area contributed by atoms with E-state index in [1.54, 1.807) is 32.3 Å². The van der Waals surface area contributed by atoms with Crippen molar-refractivity contribution in [3.63, 3.8) is 0 Å². The number of carbonyl (C=O) groups is 2. The molecule has 7 heteroatoms. The monoisotopic (exact) mass is 385 g/mol. The van der Waals surface area contributed by atoms with E-state index in [9.17, 15) is 9.59 Å². The molecule has 2 amide bonds. The van der Waals surface area contributed by atoms with Crippen LogP contribution < -0.4 is 10.6 Å². The molecule has 1 aliphatic heterocycles. The molecule has 1 heterocycles. The standard InChI is InChI=1S/C18H24ClN3O2.ClH/c1-22(2)18(24)13-10-12(7-8-14(13)19)20-17(23)16-9-11-5-3-4-6-15(11)21-16;/h7-8,10-11,15-16,21H,3-6,9H2,1-2H3,(H,20,23);1H. The van der Waals surface area contributed by atoms with Gasteiger partial charge in [-0.15, -0.1) is 12.4 Å². The summed E-state index contributed by atoms with van der Waals surface area (Å²) < 4.78 is 0. The van der Waals surface area contributed by atoms with Gasteiger partial charge in [-0.1, -0.05) is 24.4 Å². The quantitative estimate of drug-likeness (QED) is 0.838. The Hall–Kier alpha value is -1.30. The number of halogens is 2. The number of hydrogen-bond acceptors (Lipinski definition) is 3. The average Bonchev–Trinajstić information content (AvgIpc) is 3.00. The highest BCUT2D eigenvalue weighted by molar-refractivity contribution is 6.34. The second kappa shape index (κ2) is 8.39. The van der Waals surface area contributed by atoms with Crippen molar-refractivity contribution in [1.29, 1.82) is 0 Å². The molecule has 3 atom stereocenters. The zero-order valence-corrected chi connectivity index (χ0v) is 16.1. The number of anilines is 1. The number of carbonyl (C=O) groups excluding carboxylic acids is 2. The maximum atomic E-state index is 12.6. The van der Waals surface area contributed by atoms with E-state index in [0.717, 1.165) is 12.8 Å². The van der Waals surface area contributed by atoms with E-state index in [4.69, 9.17) is 11.6 Å². The molecule has 0 aromatic heterocycles. The lowest BCUT2D eigenvalue weighted by atomic mass is 9.85. The van der Waals surface area contributed by atoms with Crippen LogP contribution >= 0.6 is 24.0 Å². The van der Waals surface area contributed by atoms with Gasteiger partial charge in [0.25, 0.3) is 5.91 Å². The summed E-state index contributed by atoms with van der Waals surface area (Å²) in [6.07, 6.45) is 5.79. The van der Waals surface area contributed by atoms with Crippen molar-refractivity contribution in [1.82, 2.24) is 10.2 Å². The summed E-state index contributed by atoms with van der Waals surface area (Å²) in [5.41, 5.74) is 0.999. The molecule has 2 aliphatic rings. The highest BCUT2D eigenvalue weighted by Crippen LogP contribution is 2.33. The zero-order chi connectivity index (χ0) is 17.3. The molecule has 3 rings (SSSR count). The third kappa shape index (κ3) is 4.46. The Balaban J connectivity index is 0.00000225. The van der Waals surface area contributed by atoms with Gasteiger partial charge in [-0.2, -0.15) is 0 Å². The maximum absolute atomic E-state index is 12.6. The highest BCUT2D eigenvalue weighted by Gasteiger charge is 2.38. The third-order valence-electron chi connectivity index (χ3n) is 5.05. The van der Waals surface area contributed by atoms with E-state index in [1.807, 2.05) is 0 Å².